The van der Waals surface area contributed by atoms with E-state index in [0.717, 1.165) is 94.5 Å². The molecule has 71 heavy (non-hydrogen) atoms. The van der Waals surface area contributed by atoms with Crippen LogP contribution in [0, 0.1) is 17.9 Å². The molecule has 12 aromatic rings. The maximum absolute atomic E-state index is 9.58. The van der Waals surface area contributed by atoms with Crippen molar-refractivity contribution in [3.05, 3.63) is 248 Å². The molecule has 0 bridgehead atoms. The van der Waals surface area contributed by atoms with Crippen molar-refractivity contribution >= 4 is 27.5 Å². The Bertz CT molecular complexity index is 3800. The molecule has 330 valence electrons. The van der Waals surface area contributed by atoms with E-state index in [0.29, 0.717) is 34.5 Å². The molecule has 0 radical (unpaired) electrons. The molecule has 8 nitrogen and oxygen atoms in total. The normalized spacial score (nSPS) is 11.1. The summed E-state index contributed by atoms with van der Waals surface area (Å²) in [6.07, 6.45) is 0. The topological polar surface area (TPSA) is 97.5 Å². The van der Waals surface area contributed by atoms with Gasteiger partial charge in [-0.25, -0.2) is 29.8 Å². The lowest BCUT2D eigenvalue weighted by Crippen LogP contribution is -2.04. The van der Waals surface area contributed by atoms with Gasteiger partial charge in [-0.3, -0.25) is 0 Å². The Morgan fingerprint density at radius 2 is 0.789 bits per heavy atom. The Morgan fingerprint density at radius 1 is 0.366 bits per heavy atom. The van der Waals surface area contributed by atoms with Gasteiger partial charge >= 0.3 is 0 Å². The zero-order valence-electron chi connectivity index (χ0n) is 38.0. The second-order valence-electron chi connectivity index (χ2n) is 17.1. The summed E-state index contributed by atoms with van der Waals surface area (Å²) >= 11 is 0. The van der Waals surface area contributed by atoms with Crippen molar-refractivity contribution in [2.45, 2.75) is 0 Å². The van der Waals surface area contributed by atoms with Crippen molar-refractivity contribution in [1.82, 2.24) is 29.5 Å². The van der Waals surface area contributed by atoms with Crippen LogP contribution in [0.1, 0.15) is 5.56 Å². The van der Waals surface area contributed by atoms with Crippen LogP contribution in [0.4, 0.5) is 5.69 Å². The van der Waals surface area contributed by atoms with Crippen molar-refractivity contribution in [2.75, 3.05) is 0 Å². The van der Waals surface area contributed by atoms with Gasteiger partial charge in [0, 0.05) is 44.2 Å². The molecule has 0 atom stereocenters. The van der Waals surface area contributed by atoms with Gasteiger partial charge in [-0.1, -0.05) is 176 Å². The molecule has 0 aliphatic rings. The third-order valence-electron chi connectivity index (χ3n) is 12.7. The molecule has 0 N–H and O–H groups in total. The minimum absolute atomic E-state index is 0.496. The van der Waals surface area contributed by atoms with E-state index in [2.05, 4.69) is 88.3 Å². The van der Waals surface area contributed by atoms with Crippen LogP contribution >= 0.6 is 0 Å². The molecule has 3 heterocycles. The second-order valence-corrected chi connectivity index (χ2v) is 17.1. The van der Waals surface area contributed by atoms with E-state index in [1.165, 1.54) is 0 Å². The quantitative estimate of drug-likeness (QED) is 0.134. The molecule has 0 amide bonds. The molecule has 0 spiro atoms. The third-order valence-corrected chi connectivity index (χ3v) is 12.7. The first-order valence-electron chi connectivity index (χ1n) is 23.2. The van der Waals surface area contributed by atoms with Crippen LogP contribution in [0.25, 0.3) is 123 Å². The van der Waals surface area contributed by atoms with Gasteiger partial charge in [0.25, 0.3) is 0 Å². The third kappa shape index (κ3) is 8.14. The molecule has 9 aromatic carbocycles. The maximum Gasteiger partial charge on any atom is 0.187 e. The van der Waals surface area contributed by atoms with Crippen LogP contribution in [0.3, 0.4) is 0 Å². The number of nitriles is 1. The highest BCUT2D eigenvalue weighted by Crippen LogP contribution is 2.41. The minimum Gasteiger partial charge on any atom is -0.308 e. The van der Waals surface area contributed by atoms with Crippen molar-refractivity contribution < 1.29 is 0 Å². The average molecular weight is 907 g/mol. The number of hydrogen-bond donors (Lipinski definition) is 0. The number of aromatic nitrogens is 6. The molecular weight excluding hydrogens is 869 g/mol. The predicted molar refractivity (Wildman–Crippen MR) is 284 cm³/mol. The van der Waals surface area contributed by atoms with E-state index in [9.17, 15) is 5.26 Å². The Balaban J connectivity index is 1.14. The highest BCUT2D eigenvalue weighted by atomic mass is 15.1. The van der Waals surface area contributed by atoms with Crippen LogP contribution in [0.15, 0.2) is 231 Å². The van der Waals surface area contributed by atoms with Crippen molar-refractivity contribution in [3.63, 3.8) is 0 Å². The van der Waals surface area contributed by atoms with Crippen molar-refractivity contribution in [2.24, 2.45) is 0 Å². The molecule has 0 fully saturated rings. The number of rotatable bonds is 9. The fourth-order valence-electron chi connectivity index (χ4n) is 9.17. The number of benzene rings is 9. The van der Waals surface area contributed by atoms with Crippen LogP contribution < -0.4 is 0 Å². The summed E-state index contributed by atoms with van der Waals surface area (Å²) in [6, 6.07) is 79.5. The van der Waals surface area contributed by atoms with Gasteiger partial charge in [0.15, 0.2) is 29.0 Å². The summed E-state index contributed by atoms with van der Waals surface area (Å²) < 4.78 is 2.30. The molecule has 0 aliphatic heterocycles. The summed E-state index contributed by atoms with van der Waals surface area (Å²) in [6.45, 7) is 7.55. The molecule has 0 aliphatic carbocycles. The number of nitrogens with zero attached hydrogens (tertiary/aromatic N) is 8. The first-order valence-corrected chi connectivity index (χ1v) is 23.2. The predicted octanol–water partition coefficient (Wildman–Crippen LogP) is 15.5. The Labute approximate surface area is 410 Å². The van der Waals surface area contributed by atoms with E-state index < -0.39 is 0 Å². The molecule has 0 saturated heterocycles. The molecule has 12 rings (SSSR count). The van der Waals surface area contributed by atoms with Gasteiger partial charge < -0.3 is 4.57 Å². The SMILES string of the molecule is [C-]#[N+]c1ccc(-c2ccc3c(c2)c2cc(-c4ccc(C#N)cc4)ccc2n3-c2ccc(-c3cc(-c4ccccc4)nc(-c4ccccc4)n3)cc2-c2nc(-c3ccccc3)nc(-c3ccccc3)n2)cc1. The Morgan fingerprint density at radius 3 is 1.28 bits per heavy atom. The minimum atomic E-state index is 0.496. The fourth-order valence-corrected chi connectivity index (χ4v) is 9.17. The first-order chi connectivity index (χ1) is 35.1. The zero-order valence-corrected chi connectivity index (χ0v) is 38.0. The van der Waals surface area contributed by atoms with Gasteiger partial charge in [0.2, 0.25) is 0 Å². The van der Waals surface area contributed by atoms with Gasteiger partial charge in [-0.05, 0) is 76.9 Å². The lowest BCUT2D eigenvalue weighted by atomic mass is 9.99. The van der Waals surface area contributed by atoms with Gasteiger partial charge in [0.1, 0.15) is 0 Å². The molecule has 8 heteroatoms. The smallest absolute Gasteiger partial charge is 0.187 e. The standard InChI is InChI=1S/C63H38N8/c1-65-51-31-26-43(27-32-51)49-29-34-58-53(37-49)52-36-48(42-24-22-41(40-64)23-25-42)28-33-57(52)71(58)59-35-30-50(56-39-55(44-14-6-2-7-15-44)66-60(67-56)45-16-8-3-9-17-45)38-54(59)63-69-61(46-18-10-4-11-19-46)68-62(70-63)47-20-12-5-13-21-47/h2-39H. The van der Waals surface area contributed by atoms with E-state index >= 15 is 0 Å². The van der Waals surface area contributed by atoms with Crippen LogP contribution in [-0.2, 0) is 0 Å². The summed E-state index contributed by atoms with van der Waals surface area (Å²) in [5.74, 6) is 2.21. The monoisotopic (exact) mass is 906 g/mol. The second kappa shape index (κ2) is 18.2. The fraction of sp³-hybridized carbons (Fsp3) is 0. The highest BCUT2D eigenvalue weighted by Gasteiger charge is 2.22. The molecular formula is C63H38N8. The van der Waals surface area contributed by atoms with Crippen LogP contribution in [0.2, 0.25) is 0 Å². The van der Waals surface area contributed by atoms with Crippen molar-refractivity contribution in [3.8, 4) is 102 Å². The zero-order chi connectivity index (χ0) is 47.7. The summed E-state index contributed by atoms with van der Waals surface area (Å²) in [5.41, 5.74) is 14.9. The maximum atomic E-state index is 9.58. The summed E-state index contributed by atoms with van der Waals surface area (Å²) in [7, 11) is 0. The average Bonchev–Trinajstić information content (AvgIpc) is 3.78. The summed E-state index contributed by atoms with van der Waals surface area (Å²) in [5, 5.41) is 11.7. The first kappa shape index (κ1) is 42.2. The summed E-state index contributed by atoms with van der Waals surface area (Å²) in [4.78, 5) is 29.7. The lowest BCUT2D eigenvalue weighted by Gasteiger charge is -2.17. The van der Waals surface area contributed by atoms with Crippen LogP contribution in [0.5, 0.6) is 0 Å². The number of fused-ring (bicyclic) bond motifs is 3. The van der Waals surface area contributed by atoms with Gasteiger partial charge in [-0.2, -0.15) is 5.26 Å². The largest absolute Gasteiger partial charge is 0.308 e. The van der Waals surface area contributed by atoms with Crippen LogP contribution in [-0.4, -0.2) is 29.5 Å². The van der Waals surface area contributed by atoms with E-state index in [1.807, 2.05) is 158 Å². The molecule has 0 unspecified atom stereocenters. The molecule has 3 aromatic heterocycles. The van der Waals surface area contributed by atoms with Gasteiger partial charge in [0.05, 0.1) is 46.3 Å². The Hall–Kier alpha value is -10.2. The van der Waals surface area contributed by atoms with E-state index in [4.69, 9.17) is 31.5 Å². The molecule has 0 saturated carbocycles. The van der Waals surface area contributed by atoms with Gasteiger partial charge in [-0.15, -0.1) is 0 Å². The number of hydrogen-bond acceptors (Lipinski definition) is 6. The van der Waals surface area contributed by atoms with Crippen molar-refractivity contribution in [1.29, 1.82) is 5.26 Å². The van der Waals surface area contributed by atoms with E-state index in [-0.39, 0.29) is 0 Å². The lowest BCUT2D eigenvalue weighted by molar-refractivity contribution is 1.06. The Kier molecular flexibility index (Phi) is 10.8. The van der Waals surface area contributed by atoms with E-state index in [1.54, 1.807) is 0 Å². The highest BCUT2D eigenvalue weighted by molar-refractivity contribution is 6.12.